The maximum absolute atomic E-state index is 15.5. The monoisotopic (exact) mass is 360 g/mol. The van der Waals surface area contributed by atoms with Gasteiger partial charge < -0.3 is 20.7 Å². The molecule has 3 rings (SSSR count). The number of nitrogens with one attached hydrogen (secondary N) is 1. The van der Waals surface area contributed by atoms with E-state index in [-0.39, 0.29) is 0 Å². The minimum Gasteiger partial charge on any atom is -0.394 e. The van der Waals surface area contributed by atoms with E-state index in [0.29, 0.717) is 10.8 Å². The van der Waals surface area contributed by atoms with E-state index < -0.39 is 65.7 Å². The van der Waals surface area contributed by atoms with Gasteiger partial charge >= 0.3 is 0 Å². The van der Waals surface area contributed by atoms with Crippen molar-refractivity contribution in [2.24, 2.45) is 0 Å². The minimum atomic E-state index is -3.21. The molecule has 5 N–H and O–H groups in total. The van der Waals surface area contributed by atoms with E-state index >= 15 is 4.39 Å². The fourth-order valence-electron chi connectivity index (χ4n) is 2.66. The van der Waals surface area contributed by atoms with Crippen molar-refractivity contribution >= 4 is 17.0 Å². The van der Waals surface area contributed by atoms with Crippen molar-refractivity contribution in [1.29, 1.82) is 0 Å². The Kier molecular flexibility index (Phi) is 3.58. The van der Waals surface area contributed by atoms with Crippen LogP contribution >= 0.6 is 0 Å². The Morgan fingerprint density at radius 3 is 3.00 bits per heavy atom. The van der Waals surface area contributed by atoms with Crippen LogP contribution in [0.15, 0.2) is 11.0 Å². The van der Waals surface area contributed by atoms with E-state index in [0.717, 1.165) is 0 Å². The smallest absolute Gasteiger partial charge is 0.264 e. The van der Waals surface area contributed by atoms with Crippen LogP contribution in [0.4, 0.5) is 19.1 Å². The van der Waals surface area contributed by atoms with Gasteiger partial charge in [-0.05, 0) is 0 Å². The maximum Gasteiger partial charge on any atom is 0.264 e. The largest absolute Gasteiger partial charge is 0.394 e. The van der Waals surface area contributed by atoms with Crippen LogP contribution in [0.2, 0.25) is 0 Å². The van der Waals surface area contributed by atoms with Gasteiger partial charge in [0.1, 0.15) is 24.3 Å². The zero-order valence-corrected chi connectivity index (χ0v) is 12.3. The summed E-state index contributed by atoms with van der Waals surface area (Å²) in [6.45, 7) is -4.51. The number of aliphatic hydroxyl groups is 2. The number of alkyl halides is 2. The number of nitrogens with two attached hydrogens (primary N) is 1. The molecule has 1 unspecified atom stereocenters. The number of rotatable bonds is 2. The third-order valence-electron chi connectivity index (χ3n) is 3.73. The fourth-order valence-corrected chi connectivity index (χ4v) is 2.66. The molecule has 2 aromatic rings. The van der Waals surface area contributed by atoms with Crippen LogP contribution in [0.25, 0.3) is 11.0 Å². The molecular weight excluding hydrogens is 345 g/mol. The molecule has 8 nitrogen and oxygen atoms in total. The van der Waals surface area contributed by atoms with Gasteiger partial charge in [-0.15, -0.1) is 0 Å². The van der Waals surface area contributed by atoms with Crippen molar-refractivity contribution in [1.82, 2.24) is 14.5 Å². The first-order chi connectivity index (χ1) is 12.5. The van der Waals surface area contributed by atoms with Gasteiger partial charge in [-0.25, -0.2) is 13.2 Å². The number of nitrogen functional groups attached to an aromatic ring is 1. The molecule has 0 aromatic carbocycles. The molecule has 1 aliphatic heterocycles. The van der Waals surface area contributed by atoms with E-state index in [2.05, 4.69) is 9.97 Å². The molecule has 2 aromatic heterocycles. The maximum atomic E-state index is 15.5. The van der Waals surface area contributed by atoms with Crippen molar-refractivity contribution in [3.8, 4) is 11.8 Å². The molecule has 4 atom stereocenters. The molecule has 0 spiro atoms. The van der Waals surface area contributed by atoms with Crippen molar-refractivity contribution < 1.29 is 30.9 Å². The first kappa shape index (κ1) is 14.8. The SMILES string of the molecule is [2H]C([2H])(O)[C@H]1O[C@@H](n2cc(F)c3c(=O)[nH]c(N)nc32)C(F)(C#CCF)[C@H]1O. The van der Waals surface area contributed by atoms with Crippen LogP contribution in [-0.4, -0.2) is 55.9 Å². The first-order valence-corrected chi connectivity index (χ1v) is 6.87. The second kappa shape index (κ2) is 6.07. The zero-order chi connectivity index (χ0) is 20.1. The van der Waals surface area contributed by atoms with Crippen LogP contribution in [0.1, 0.15) is 8.97 Å². The van der Waals surface area contributed by atoms with E-state index in [9.17, 15) is 23.8 Å². The number of ether oxygens (including phenoxy) is 1. The van der Waals surface area contributed by atoms with Gasteiger partial charge in [0.25, 0.3) is 5.56 Å². The summed E-state index contributed by atoms with van der Waals surface area (Å²) in [7, 11) is 0. The van der Waals surface area contributed by atoms with Crippen LogP contribution in [0, 0.1) is 17.7 Å². The number of hydrogen-bond donors (Lipinski definition) is 4. The standard InChI is InChI=1S/C14H13F3N4O4/c15-3-1-2-14(17)9(23)7(5-22)25-12(14)21-4-6(16)8-10(21)19-13(18)20-11(8)24/h4,7,9,12,22-23H,3,5H2,(H3,18,19,20,24)/t7-,9+,12-,14?/m1/s1/i5D2. The van der Waals surface area contributed by atoms with Gasteiger partial charge in [0.15, 0.2) is 17.7 Å². The number of aliphatic hydroxyl groups excluding tert-OH is 1. The third kappa shape index (κ3) is 2.55. The summed E-state index contributed by atoms with van der Waals surface area (Å²) in [4.78, 5) is 17.6. The lowest BCUT2D eigenvalue weighted by Gasteiger charge is -2.24. The molecular formula is C14H13F3N4O4. The Morgan fingerprint density at radius 1 is 1.64 bits per heavy atom. The van der Waals surface area contributed by atoms with Gasteiger partial charge in [0.05, 0.1) is 9.30 Å². The highest BCUT2D eigenvalue weighted by Crippen LogP contribution is 2.42. The lowest BCUT2D eigenvalue weighted by molar-refractivity contribution is -0.0503. The predicted molar refractivity (Wildman–Crippen MR) is 79.3 cm³/mol. The van der Waals surface area contributed by atoms with E-state index in [1.54, 1.807) is 11.8 Å². The average molecular weight is 360 g/mol. The lowest BCUT2D eigenvalue weighted by atomic mass is 9.96. The average Bonchev–Trinajstić information content (AvgIpc) is 3.01. The Hall–Kier alpha value is -2.55. The zero-order valence-electron chi connectivity index (χ0n) is 14.3. The number of hydrogen-bond acceptors (Lipinski definition) is 6. The summed E-state index contributed by atoms with van der Waals surface area (Å²) in [5.74, 6) is 1.97. The first-order valence-electron chi connectivity index (χ1n) is 7.87. The molecule has 25 heavy (non-hydrogen) atoms. The number of aromatic amines is 1. The molecule has 0 aliphatic carbocycles. The molecule has 1 aliphatic rings. The molecule has 0 radical (unpaired) electrons. The normalized spacial score (nSPS) is 30.7. The predicted octanol–water partition coefficient (Wildman–Crippen LogP) is -0.622. The molecule has 134 valence electrons. The van der Waals surface area contributed by atoms with E-state index in [4.69, 9.17) is 13.2 Å². The number of anilines is 1. The van der Waals surface area contributed by atoms with Crippen molar-refractivity contribution in [2.45, 2.75) is 24.1 Å². The molecule has 1 saturated heterocycles. The number of aromatic nitrogens is 3. The van der Waals surface area contributed by atoms with E-state index in [1.807, 2.05) is 0 Å². The summed E-state index contributed by atoms with van der Waals surface area (Å²) < 4.78 is 62.4. The molecule has 11 heteroatoms. The quantitative estimate of drug-likeness (QED) is 0.529. The fraction of sp³-hybridized carbons (Fsp3) is 0.429. The van der Waals surface area contributed by atoms with Crippen LogP contribution in [0.5, 0.6) is 0 Å². The highest BCUT2D eigenvalue weighted by atomic mass is 19.1. The van der Waals surface area contributed by atoms with Gasteiger partial charge in [0.2, 0.25) is 11.6 Å². The van der Waals surface area contributed by atoms with Crippen molar-refractivity contribution in [3.05, 3.63) is 22.4 Å². The van der Waals surface area contributed by atoms with Crippen LogP contribution in [0.3, 0.4) is 0 Å². The highest BCUT2D eigenvalue weighted by Gasteiger charge is 2.58. The molecule has 0 amide bonds. The van der Waals surface area contributed by atoms with Gasteiger partial charge in [0, 0.05) is 6.20 Å². The lowest BCUT2D eigenvalue weighted by Crippen LogP contribution is -2.42. The van der Waals surface area contributed by atoms with Gasteiger partial charge in [-0.3, -0.25) is 14.3 Å². The number of fused-ring (bicyclic) bond motifs is 1. The number of halogens is 3. The molecule has 1 fully saturated rings. The topological polar surface area (TPSA) is 126 Å². The summed E-state index contributed by atoms with van der Waals surface area (Å²) >= 11 is 0. The minimum absolute atomic E-state index is 0.432. The molecule has 0 bridgehead atoms. The second-order valence-electron chi connectivity index (χ2n) is 5.22. The van der Waals surface area contributed by atoms with E-state index in [1.165, 1.54) is 0 Å². The molecule has 0 saturated carbocycles. The van der Waals surface area contributed by atoms with Crippen LogP contribution < -0.4 is 11.3 Å². The third-order valence-corrected chi connectivity index (χ3v) is 3.73. The van der Waals surface area contributed by atoms with Crippen molar-refractivity contribution in [3.63, 3.8) is 0 Å². The highest BCUT2D eigenvalue weighted by molar-refractivity contribution is 5.77. The van der Waals surface area contributed by atoms with Gasteiger partial charge in [-0.2, -0.15) is 4.98 Å². The van der Waals surface area contributed by atoms with Crippen molar-refractivity contribution in [2.75, 3.05) is 19.0 Å². The Morgan fingerprint density at radius 2 is 2.36 bits per heavy atom. The summed E-state index contributed by atoms with van der Waals surface area (Å²) in [5.41, 5.74) is 0.798. The Labute approximate surface area is 140 Å². The Balaban J connectivity index is 2.25. The van der Waals surface area contributed by atoms with Crippen LogP contribution in [-0.2, 0) is 4.74 Å². The summed E-state index contributed by atoms with van der Waals surface area (Å²) in [6, 6.07) is 0. The second-order valence-corrected chi connectivity index (χ2v) is 5.22. The summed E-state index contributed by atoms with van der Waals surface area (Å²) in [5, 5.41) is 19.0. The summed E-state index contributed by atoms with van der Waals surface area (Å²) in [6.07, 6.45) is -5.98. The van der Waals surface area contributed by atoms with Gasteiger partial charge in [-0.1, -0.05) is 11.8 Å². The number of H-pyrrole nitrogens is 1. The number of nitrogens with zero attached hydrogens (tertiary/aromatic N) is 2. The Bertz CT molecular complexity index is 1010. The molecule has 3 heterocycles.